The summed E-state index contributed by atoms with van der Waals surface area (Å²) in [6.45, 7) is 3.52. The second-order valence-corrected chi connectivity index (χ2v) is 8.97. The van der Waals surface area contributed by atoms with Gasteiger partial charge >= 0.3 is 5.97 Å². The van der Waals surface area contributed by atoms with Crippen molar-refractivity contribution in [3.05, 3.63) is 23.8 Å². The van der Waals surface area contributed by atoms with Crippen molar-refractivity contribution < 1.29 is 23.8 Å². The first-order chi connectivity index (χ1) is 14.0. The van der Waals surface area contributed by atoms with E-state index in [9.17, 15) is 9.59 Å². The molecule has 1 saturated heterocycles. The first-order valence-electron chi connectivity index (χ1n) is 10.8. The van der Waals surface area contributed by atoms with Crippen LogP contribution < -0.4 is 9.47 Å². The Kier molecular flexibility index (Phi) is 4.13. The number of piperidine rings is 1. The van der Waals surface area contributed by atoms with Crippen LogP contribution in [0.5, 0.6) is 11.5 Å². The number of hydrogen-bond donors (Lipinski definition) is 0. The van der Waals surface area contributed by atoms with Gasteiger partial charge in [-0.1, -0.05) is 19.1 Å². The van der Waals surface area contributed by atoms with E-state index in [0.29, 0.717) is 25.1 Å². The summed E-state index contributed by atoms with van der Waals surface area (Å²) >= 11 is 0. The van der Waals surface area contributed by atoms with Crippen molar-refractivity contribution in [2.24, 2.45) is 17.3 Å². The molecule has 1 amide bonds. The molecule has 5 aliphatic rings. The van der Waals surface area contributed by atoms with Crippen molar-refractivity contribution in [3.63, 3.8) is 0 Å². The molecule has 0 radical (unpaired) electrons. The molecule has 2 heterocycles. The number of amides is 1. The second-order valence-electron chi connectivity index (χ2n) is 8.97. The van der Waals surface area contributed by atoms with E-state index in [0.717, 1.165) is 37.1 Å². The Morgan fingerprint density at radius 1 is 1.28 bits per heavy atom. The van der Waals surface area contributed by atoms with Crippen LogP contribution in [0, 0.1) is 17.3 Å². The summed E-state index contributed by atoms with van der Waals surface area (Å²) < 4.78 is 17.4. The highest BCUT2D eigenvalue weighted by molar-refractivity contribution is 5.93. The number of nitrogens with zero attached hydrogens (tertiary/aromatic N) is 1. The number of rotatable bonds is 4. The SMILES string of the molecule is CCCN1CCC23c4cccc(OC)c4OC2C2CCC3(C1=O)C(C(=O)OC)C2. The quantitative estimate of drug-likeness (QED) is 0.729. The fourth-order valence-electron chi connectivity index (χ4n) is 7.11. The smallest absolute Gasteiger partial charge is 0.309 e. The fraction of sp³-hybridized carbons (Fsp3) is 0.652. The fourth-order valence-corrected chi connectivity index (χ4v) is 7.11. The molecular formula is C23H29NO5. The van der Waals surface area contributed by atoms with Crippen LogP contribution in [0.15, 0.2) is 18.2 Å². The molecule has 5 unspecified atom stereocenters. The largest absolute Gasteiger partial charge is 0.493 e. The highest BCUT2D eigenvalue weighted by Gasteiger charge is 2.77. The zero-order chi connectivity index (χ0) is 20.4. The Hall–Kier alpha value is -2.24. The van der Waals surface area contributed by atoms with Crippen LogP contribution >= 0.6 is 0 Å². The third-order valence-corrected chi connectivity index (χ3v) is 8.10. The molecule has 2 bridgehead atoms. The van der Waals surface area contributed by atoms with Crippen LogP contribution in [-0.4, -0.2) is 50.2 Å². The summed E-state index contributed by atoms with van der Waals surface area (Å²) in [6, 6.07) is 5.97. The van der Waals surface area contributed by atoms with Crippen molar-refractivity contribution in [2.45, 2.75) is 50.5 Å². The van der Waals surface area contributed by atoms with E-state index in [4.69, 9.17) is 14.2 Å². The van der Waals surface area contributed by atoms with Crippen molar-refractivity contribution in [1.82, 2.24) is 4.90 Å². The van der Waals surface area contributed by atoms with Gasteiger partial charge in [0.05, 0.1) is 31.0 Å². The lowest BCUT2D eigenvalue weighted by Gasteiger charge is -2.65. The number of hydrogen-bond acceptors (Lipinski definition) is 5. The summed E-state index contributed by atoms with van der Waals surface area (Å²) in [6.07, 6.45) is 3.91. The van der Waals surface area contributed by atoms with E-state index in [2.05, 4.69) is 13.0 Å². The van der Waals surface area contributed by atoms with Gasteiger partial charge in [0.15, 0.2) is 11.5 Å². The van der Waals surface area contributed by atoms with Gasteiger partial charge in [-0.25, -0.2) is 0 Å². The number of likely N-dealkylation sites (tertiary alicyclic amines) is 1. The highest BCUT2D eigenvalue weighted by Crippen LogP contribution is 2.72. The Morgan fingerprint density at radius 2 is 2.10 bits per heavy atom. The van der Waals surface area contributed by atoms with Gasteiger partial charge in [-0.15, -0.1) is 0 Å². The van der Waals surface area contributed by atoms with Crippen molar-refractivity contribution in [3.8, 4) is 11.5 Å². The number of para-hydroxylation sites is 1. The van der Waals surface area contributed by atoms with Crippen LogP contribution in [0.1, 0.15) is 44.6 Å². The molecule has 2 spiro atoms. The average Bonchev–Trinajstić information content (AvgIpc) is 3.12. The average molecular weight is 399 g/mol. The summed E-state index contributed by atoms with van der Waals surface area (Å²) in [5.41, 5.74) is -0.243. The molecule has 3 aliphatic carbocycles. The van der Waals surface area contributed by atoms with Gasteiger partial charge in [-0.05, 0) is 44.1 Å². The molecular weight excluding hydrogens is 370 g/mol. The van der Waals surface area contributed by atoms with Crippen molar-refractivity contribution >= 4 is 11.9 Å². The molecule has 5 atom stereocenters. The molecule has 4 fully saturated rings. The summed E-state index contributed by atoms with van der Waals surface area (Å²) in [5.74, 6) is 1.15. The molecule has 2 aliphatic heterocycles. The number of carbonyl (C=O) groups excluding carboxylic acids is 2. The van der Waals surface area contributed by atoms with E-state index < -0.39 is 16.7 Å². The Labute approximate surface area is 171 Å². The normalized spacial score (nSPS) is 36.7. The number of carbonyl (C=O) groups is 2. The van der Waals surface area contributed by atoms with Crippen LogP contribution in [0.4, 0.5) is 0 Å². The number of benzene rings is 1. The van der Waals surface area contributed by atoms with Gasteiger partial charge in [-0.2, -0.15) is 0 Å². The van der Waals surface area contributed by atoms with Gasteiger partial charge in [0, 0.05) is 18.7 Å². The van der Waals surface area contributed by atoms with Gasteiger partial charge < -0.3 is 19.1 Å². The Morgan fingerprint density at radius 3 is 2.83 bits per heavy atom. The first-order valence-corrected chi connectivity index (χ1v) is 10.8. The number of methoxy groups -OCH3 is 2. The van der Waals surface area contributed by atoms with E-state index in [1.54, 1.807) is 7.11 Å². The first kappa shape index (κ1) is 18.8. The lowest BCUT2D eigenvalue weighted by Crippen LogP contribution is -2.74. The maximum atomic E-state index is 14.1. The number of ether oxygens (including phenoxy) is 3. The van der Waals surface area contributed by atoms with Crippen LogP contribution in [0.3, 0.4) is 0 Å². The molecule has 6 rings (SSSR count). The topological polar surface area (TPSA) is 65.1 Å². The maximum absolute atomic E-state index is 14.1. The summed E-state index contributed by atoms with van der Waals surface area (Å²) in [7, 11) is 3.08. The van der Waals surface area contributed by atoms with E-state index in [1.165, 1.54) is 7.11 Å². The molecule has 1 aromatic carbocycles. The Balaban J connectivity index is 1.76. The molecule has 6 nitrogen and oxygen atoms in total. The third kappa shape index (κ3) is 2.07. The molecule has 1 aromatic rings. The Bertz CT molecular complexity index is 869. The molecule has 3 saturated carbocycles. The van der Waals surface area contributed by atoms with Gasteiger partial charge in [0.1, 0.15) is 6.10 Å². The van der Waals surface area contributed by atoms with Crippen molar-refractivity contribution in [1.29, 1.82) is 0 Å². The zero-order valence-corrected chi connectivity index (χ0v) is 17.4. The molecule has 0 N–H and O–H groups in total. The lowest BCUT2D eigenvalue weighted by atomic mass is 9.39. The minimum atomic E-state index is -0.801. The zero-order valence-electron chi connectivity index (χ0n) is 17.4. The number of esters is 1. The van der Waals surface area contributed by atoms with Crippen LogP contribution in [-0.2, 0) is 19.7 Å². The van der Waals surface area contributed by atoms with Gasteiger partial charge in [0.2, 0.25) is 5.91 Å². The van der Waals surface area contributed by atoms with E-state index in [1.807, 2.05) is 17.0 Å². The molecule has 6 heteroatoms. The number of fused-ring (bicyclic) bond motifs is 3. The van der Waals surface area contributed by atoms with Gasteiger partial charge in [-0.3, -0.25) is 9.59 Å². The van der Waals surface area contributed by atoms with Gasteiger partial charge in [0.25, 0.3) is 0 Å². The second kappa shape index (κ2) is 6.38. The molecule has 0 aromatic heterocycles. The highest BCUT2D eigenvalue weighted by atomic mass is 16.5. The predicted molar refractivity (Wildman–Crippen MR) is 106 cm³/mol. The van der Waals surface area contributed by atoms with Crippen molar-refractivity contribution in [2.75, 3.05) is 27.3 Å². The lowest BCUT2D eigenvalue weighted by molar-refractivity contribution is -0.204. The van der Waals surface area contributed by atoms with Crippen LogP contribution in [0.25, 0.3) is 0 Å². The monoisotopic (exact) mass is 399 g/mol. The minimum absolute atomic E-state index is 0.0869. The van der Waals surface area contributed by atoms with E-state index in [-0.39, 0.29) is 23.9 Å². The standard InChI is InChI=1S/C23H29NO5/c1-4-11-24-12-10-22-15-6-5-7-17(27-2)18(15)29-19(22)14-8-9-23(22,21(24)26)16(13-14)20(25)28-3/h5-7,14,16,19H,4,8-13H2,1-3H3. The van der Waals surface area contributed by atoms with E-state index >= 15 is 0 Å². The predicted octanol–water partition coefficient (Wildman–Crippen LogP) is 2.93. The summed E-state index contributed by atoms with van der Waals surface area (Å²) in [4.78, 5) is 29.0. The maximum Gasteiger partial charge on any atom is 0.309 e. The summed E-state index contributed by atoms with van der Waals surface area (Å²) in [5, 5.41) is 0. The van der Waals surface area contributed by atoms with Crippen LogP contribution in [0.2, 0.25) is 0 Å². The third-order valence-electron chi connectivity index (χ3n) is 8.10. The molecule has 156 valence electrons. The molecule has 29 heavy (non-hydrogen) atoms. The minimum Gasteiger partial charge on any atom is -0.493 e.